The van der Waals surface area contributed by atoms with Gasteiger partial charge in [-0.15, -0.1) is 0 Å². The molecule has 1 aromatic rings. The second-order valence-electron chi connectivity index (χ2n) is 4.32. The van der Waals surface area contributed by atoms with Crippen LogP contribution < -0.4 is 5.32 Å². The van der Waals surface area contributed by atoms with Crippen molar-refractivity contribution in [2.75, 3.05) is 13.2 Å². The van der Waals surface area contributed by atoms with Crippen LogP contribution in [0.4, 0.5) is 0 Å². The van der Waals surface area contributed by atoms with Gasteiger partial charge in [0.2, 0.25) is 5.91 Å². The standard InChI is InChI=1S/C13H16ClNO5/c1-8(16)15-9(11-3-4-12(14)20-11)7-10(17)13-18-5-2-6-19-13/h3-4,7,10,13,17H,2,5-6H2,1H3,(H,15,16)/b9-7-/t10-/m0/s1. The van der Waals surface area contributed by atoms with Crippen molar-refractivity contribution in [1.82, 2.24) is 5.32 Å². The second kappa shape index (κ2) is 6.90. The number of carbonyl (C=O) groups excluding carboxylic acids is 1. The number of hydrogen-bond acceptors (Lipinski definition) is 5. The first-order chi connectivity index (χ1) is 9.56. The molecule has 0 spiro atoms. The molecule has 2 rings (SSSR count). The molecule has 2 heterocycles. The summed E-state index contributed by atoms with van der Waals surface area (Å²) >= 11 is 5.71. The minimum absolute atomic E-state index is 0.191. The Morgan fingerprint density at radius 1 is 1.50 bits per heavy atom. The number of aliphatic hydroxyl groups excluding tert-OH is 1. The zero-order valence-corrected chi connectivity index (χ0v) is 11.7. The molecule has 2 N–H and O–H groups in total. The van der Waals surface area contributed by atoms with Crippen LogP contribution >= 0.6 is 11.6 Å². The molecule has 0 aromatic carbocycles. The van der Waals surface area contributed by atoms with Gasteiger partial charge in [-0.1, -0.05) is 0 Å². The van der Waals surface area contributed by atoms with Crippen molar-refractivity contribution in [1.29, 1.82) is 0 Å². The lowest BCUT2D eigenvalue weighted by Crippen LogP contribution is -2.35. The molecular formula is C13H16ClNO5. The van der Waals surface area contributed by atoms with Crippen LogP contribution in [-0.2, 0) is 14.3 Å². The highest BCUT2D eigenvalue weighted by atomic mass is 35.5. The van der Waals surface area contributed by atoms with Crippen molar-refractivity contribution < 1.29 is 23.8 Å². The molecular weight excluding hydrogens is 286 g/mol. The third kappa shape index (κ3) is 4.08. The smallest absolute Gasteiger partial charge is 0.221 e. The first-order valence-corrected chi connectivity index (χ1v) is 6.60. The molecule has 1 fully saturated rings. The maximum absolute atomic E-state index is 11.2. The first kappa shape index (κ1) is 15.1. The highest BCUT2D eigenvalue weighted by Crippen LogP contribution is 2.21. The molecule has 20 heavy (non-hydrogen) atoms. The average molecular weight is 302 g/mol. The highest BCUT2D eigenvalue weighted by Gasteiger charge is 2.23. The van der Waals surface area contributed by atoms with Crippen LogP contribution in [0.25, 0.3) is 5.70 Å². The van der Waals surface area contributed by atoms with Crippen LogP contribution in [0, 0.1) is 0 Å². The summed E-state index contributed by atoms with van der Waals surface area (Å²) in [4.78, 5) is 11.2. The summed E-state index contributed by atoms with van der Waals surface area (Å²) in [5.74, 6) is 0.0570. The number of furan rings is 1. The molecule has 110 valence electrons. The van der Waals surface area contributed by atoms with Gasteiger partial charge in [0.1, 0.15) is 6.10 Å². The maximum Gasteiger partial charge on any atom is 0.221 e. The van der Waals surface area contributed by atoms with Gasteiger partial charge in [-0.25, -0.2) is 0 Å². The van der Waals surface area contributed by atoms with Gasteiger partial charge >= 0.3 is 0 Å². The average Bonchev–Trinajstić information content (AvgIpc) is 2.85. The van der Waals surface area contributed by atoms with E-state index >= 15 is 0 Å². The van der Waals surface area contributed by atoms with E-state index in [1.165, 1.54) is 13.0 Å². The molecule has 0 aliphatic carbocycles. The molecule has 1 saturated heterocycles. The summed E-state index contributed by atoms with van der Waals surface area (Å²) in [7, 11) is 0. The van der Waals surface area contributed by atoms with Gasteiger partial charge in [-0.2, -0.15) is 0 Å². The topological polar surface area (TPSA) is 80.9 Å². The van der Waals surface area contributed by atoms with Crippen LogP contribution in [0.15, 0.2) is 22.6 Å². The SMILES string of the molecule is CC(=O)N/C(=C\[C@H](O)C1OCCCO1)c1ccc(Cl)o1. The zero-order valence-electron chi connectivity index (χ0n) is 11.0. The van der Waals surface area contributed by atoms with E-state index in [4.69, 9.17) is 25.5 Å². The number of carbonyl (C=O) groups is 1. The molecule has 1 aliphatic rings. The number of rotatable bonds is 4. The minimum atomic E-state index is -1.03. The van der Waals surface area contributed by atoms with Crippen LogP contribution in [-0.4, -0.2) is 36.6 Å². The van der Waals surface area contributed by atoms with Gasteiger partial charge in [0.15, 0.2) is 17.3 Å². The lowest BCUT2D eigenvalue weighted by atomic mass is 10.2. The van der Waals surface area contributed by atoms with Gasteiger partial charge in [-0.3, -0.25) is 4.79 Å². The largest absolute Gasteiger partial charge is 0.443 e. The molecule has 0 unspecified atom stereocenters. The van der Waals surface area contributed by atoms with Crippen LogP contribution in [0.5, 0.6) is 0 Å². The third-order valence-corrected chi connectivity index (χ3v) is 2.82. The van der Waals surface area contributed by atoms with Gasteiger partial charge in [0.25, 0.3) is 0 Å². The molecule has 0 bridgehead atoms. The molecule has 0 radical (unpaired) electrons. The van der Waals surface area contributed by atoms with Crippen molar-refractivity contribution in [3.8, 4) is 0 Å². The Bertz CT molecular complexity index is 493. The fourth-order valence-electron chi connectivity index (χ4n) is 1.79. The monoisotopic (exact) mass is 301 g/mol. The Hall–Kier alpha value is -1.34. The van der Waals surface area contributed by atoms with E-state index in [2.05, 4.69) is 5.32 Å². The Morgan fingerprint density at radius 2 is 2.20 bits per heavy atom. The number of ether oxygens (including phenoxy) is 2. The Morgan fingerprint density at radius 3 is 2.75 bits per heavy atom. The van der Waals surface area contributed by atoms with Crippen LogP contribution in [0.1, 0.15) is 19.1 Å². The van der Waals surface area contributed by atoms with E-state index < -0.39 is 12.4 Å². The van der Waals surface area contributed by atoms with Crippen molar-refractivity contribution in [2.45, 2.75) is 25.7 Å². The normalized spacial score (nSPS) is 18.9. The highest BCUT2D eigenvalue weighted by molar-refractivity contribution is 6.28. The van der Waals surface area contributed by atoms with Crippen LogP contribution in [0.2, 0.25) is 5.22 Å². The third-order valence-electron chi connectivity index (χ3n) is 2.62. The summed E-state index contributed by atoms with van der Waals surface area (Å²) in [6.45, 7) is 2.41. The first-order valence-electron chi connectivity index (χ1n) is 6.22. The van der Waals surface area contributed by atoms with E-state index in [-0.39, 0.29) is 11.1 Å². The van der Waals surface area contributed by atoms with E-state index in [0.29, 0.717) is 24.7 Å². The number of hydrogen-bond donors (Lipinski definition) is 2. The predicted octanol–water partition coefficient (Wildman–Crippen LogP) is 1.53. The molecule has 6 nitrogen and oxygen atoms in total. The van der Waals surface area contributed by atoms with Gasteiger partial charge in [0.05, 0.1) is 18.9 Å². The summed E-state index contributed by atoms with van der Waals surface area (Å²) in [5, 5.41) is 12.8. The fourth-order valence-corrected chi connectivity index (χ4v) is 1.93. The summed E-state index contributed by atoms with van der Waals surface area (Å²) in [6.07, 6.45) is 0.421. The number of aliphatic hydroxyl groups is 1. The Labute approximate surface area is 121 Å². The predicted molar refractivity (Wildman–Crippen MR) is 71.8 cm³/mol. The van der Waals surface area contributed by atoms with Crippen molar-refractivity contribution in [3.63, 3.8) is 0 Å². The Kier molecular flexibility index (Phi) is 5.19. The summed E-state index contributed by atoms with van der Waals surface area (Å²) in [5.41, 5.74) is 0.315. The van der Waals surface area contributed by atoms with Gasteiger partial charge < -0.3 is 24.3 Å². The lowest BCUT2D eigenvalue weighted by Gasteiger charge is -2.26. The zero-order chi connectivity index (χ0) is 14.5. The van der Waals surface area contributed by atoms with Crippen molar-refractivity contribution >= 4 is 23.2 Å². The van der Waals surface area contributed by atoms with E-state index in [0.717, 1.165) is 6.42 Å². The van der Waals surface area contributed by atoms with Crippen LogP contribution in [0.3, 0.4) is 0 Å². The van der Waals surface area contributed by atoms with Gasteiger partial charge in [0, 0.05) is 6.92 Å². The maximum atomic E-state index is 11.2. The molecule has 1 atom stereocenters. The fraction of sp³-hybridized carbons (Fsp3) is 0.462. The second-order valence-corrected chi connectivity index (χ2v) is 4.69. The van der Waals surface area contributed by atoms with E-state index in [1.54, 1.807) is 12.1 Å². The van der Waals surface area contributed by atoms with E-state index in [1.807, 2.05) is 0 Å². The number of halogens is 1. The molecule has 1 aliphatic heterocycles. The molecule has 0 saturated carbocycles. The molecule has 1 aromatic heterocycles. The minimum Gasteiger partial charge on any atom is -0.443 e. The number of nitrogens with one attached hydrogen (secondary N) is 1. The summed E-state index contributed by atoms with van der Waals surface area (Å²) < 4.78 is 15.8. The molecule has 1 amide bonds. The van der Waals surface area contributed by atoms with Gasteiger partial charge in [-0.05, 0) is 36.2 Å². The lowest BCUT2D eigenvalue weighted by molar-refractivity contribution is -0.212. The van der Waals surface area contributed by atoms with E-state index in [9.17, 15) is 9.90 Å². The van der Waals surface area contributed by atoms with Crippen molar-refractivity contribution in [3.05, 3.63) is 29.2 Å². The number of amides is 1. The molecule has 7 heteroatoms. The quantitative estimate of drug-likeness (QED) is 0.881. The summed E-state index contributed by atoms with van der Waals surface area (Å²) in [6, 6.07) is 3.14. The Balaban J connectivity index is 2.16. The van der Waals surface area contributed by atoms with Crippen molar-refractivity contribution in [2.24, 2.45) is 0 Å².